The van der Waals surface area contributed by atoms with Gasteiger partial charge in [0.25, 0.3) is 0 Å². The van der Waals surface area contributed by atoms with Crippen LogP contribution in [0, 0.1) is 0 Å². The Morgan fingerprint density at radius 2 is 1.59 bits per heavy atom. The van der Waals surface area contributed by atoms with E-state index in [1.165, 1.54) is 0 Å². The van der Waals surface area contributed by atoms with Crippen LogP contribution in [-0.2, 0) is 9.53 Å². The number of nitrogens with one attached hydrogen (secondary N) is 1. The van der Waals surface area contributed by atoms with Crippen molar-refractivity contribution in [1.82, 2.24) is 5.32 Å². The molecule has 1 saturated heterocycles. The van der Waals surface area contributed by atoms with Crippen molar-refractivity contribution < 1.29 is 14.6 Å². The van der Waals surface area contributed by atoms with Gasteiger partial charge in [0.05, 0.1) is 6.10 Å². The normalized spacial score (nSPS) is 21.1. The maximum Gasteiger partial charge on any atom is 0.320 e. The minimum absolute atomic E-state index is 0.105. The van der Waals surface area contributed by atoms with Crippen molar-refractivity contribution in [1.29, 1.82) is 0 Å². The van der Waals surface area contributed by atoms with Crippen molar-refractivity contribution in [2.45, 2.75) is 24.7 Å². The zero-order chi connectivity index (χ0) is 15.4. The number of carboxylic acid groups (broad SMARTS) is 1. The Labute approximate surface area is 129 Å². The van der Waals surface area contributed by atoms with E-state index < -0.39 is 12.0 Å². The van der Waals surface area contributed by atoms with Crippen molar-refractivity contribution in [2.24, 2.45) is 0 Å². The molecule has 1 heterocycles. The first-order valence-electron chi connectivity index (χ1n) is 7.45. The molecule has 3 rings (SSSR count). The van der Waals surface area contributed by atoms with Gasteiger partial charge in [0.2, 0.25) is 0 Å². The largest absolute Gasteiger partial charge is 0.480 e. The predicted octanol–water partition coefficient (Wildman–Crippen LogP) is 2.61. The molecule has 0 aromatic heterocycles. The Balaban J connectivity index is 1.80. The van der Waals surface area contributed by atoms with Crippen molar-refractivity contribution >= 4 is 5.97 Å². The van der Waals surface area contributed by atoms with Crippen molar-refractivity contribution in [3.05, 3.63) is 71.8 Å². The van der Waals surface area contributed by atoms with E-state index in [1.807, 2.05) is 60.7 Å². The van der Waals surface area contributed by atoms with E-state index >= 15 is 0 Å². The smallest absolute Gasteiger partial charge is 0.320 e. The predicted molar refractivity (Wildman–Crippen MR) is 83.6 cm³/mol. The van der Waals surface area contributed by atoms with Gasteiger partial charge < -0.3 is 15.2 Å². The Bertz CT molecular complexity index is 575. The summed E-state index contributed by atoms with van der Waals surface area (Å²) in [6, 6.07) is 19.5. The van der Waals surface area contributed by atoms with E-state index in [9.17, 15) is 4.79 Å². The van der Waals surface area contributed by atoms with Crippen LogP contribution in [0.3, 0.4) is 0 Å². The van der Waals surface area contributed by atoms with Crippen LogP contribution < -0.4 is 5.32 Å². The molecule has 0 radical (unpaired) electrons. The number of carboxylic acids is 1. The van der Waals surface area contributed by atoms with Gasteiger partial charge in [-0.1, -0.05) is 60.7 Å². The molecule has 1 aliphatic rings. The summed E-state index contributed by atoms with van der Waals surface area (Å²) >= 11 is 0. The number of carbonyl (C=O) groups is 1. The lowest BCUT2D eigenvalue weighted by atomic mass is 10.0. The van der Waals surface area contributed by atoms with Crippen LogP contribution in [0.25, 0.3) is 0 Å². The fourth-order valence-corrected chi connectivity index (χ4v) is 2.79. The highest BCUT2D eigenvalue weighted by Gasteiger charge is 2.32. The van der Waals surface area contributed by atoms with Crippen LogP contribution >= 0.6 is 0 Å². The van der Waals surface area contributed by atoms with Crippen LogP contribution in [0.4, 0.5) is 0 Å². The molecular weight excluding hydrogens is 278 g/mol. The van der Waals surface area contributed by atoms with E-state index in [1.54, 1.807) is 0 Å². The number of hydrogen-bond acceptors (Lipinski definition) is 3. The Morgan fingerprint density at radius 1 is 1.05 bits per heavy atom. The molecule has 4 heteroatoms. The number of benzene rings is 2. The fourth-order valence-electron chi connectivity index (χ4n) is 2.79. The SMILES string of the molecule is O=C(O)C1CC(OC(c2ccccc2)c2ccccc2)CN1. The van der Waals surface area contributed by atoms with Gasteiger partial charge in [-0.15, -0.1) is 0 Å². The molecule has 0 bridgehead atoms. The zero-order valence-corrected chi connectivity index (χ0v) is 12.2. The third-order valence-corrected chi connectivity index (χ3v) is 3.92. The summed E-state index contributed by atoms with van der Waals surface area (Å²) in [6.07, 6.45) is 0.208. The molecule has 0 spiro atoms. The molecule has 0 amide bonds. The Hall–Kier alpha value is -2.17. The molecule has 0 saturated carbocycles. The van der Waals surface area contributed by atoms with Gasteiger partial charge in [-0.05, 0) is 11.1 Å². The van der Waals surface area contributed by atoms with Gasteiger partial charge in [0.1, 0.15) is 12.1 Å². The van der Waals surface area contributed by atoms with Crippen LogP contribution in [0.2, 0.25) is 0 Å². The van der Waals surface area contributed by atoms with Gasteiger partial charge in [-0.3, -0.25) is 4.79 Å². The van der Waals surface area contributed by atoms with Gasteiger partial charge >= 0.3 is 5.97 Å². The maximum atomic E-state index is 11.1. The van der Waals surface area contributed by atoms with Gasteiger partial charge in [0.15, 0.2) is 0 Å². The second-order valence-electron chi connectivity index (χ2n) is 5.49. The first-order valence-corrected chi connectivity index (χ1v) is 7.45. The highest BCUT2D eigenvalue weighted by atomic mass is 16.5. The molecule has 114 valence electrons. The van der Waals surface area contributed by atoms with Gasteiger partial charge in [0, 0.05) is 13.0 Å². The molecule has 0 aliphatic carbocycles. The number of ether oxygens (including phenoxy) is 1. The molecule has 4 nitrogen and oxygen atoms in total. The van der Waals surface area contributed by atoms with E-state index in [0.717, 1.165) is 11.1 Å². The van der Waals surface area contributed by atoms with Crippen LogP contribution in [0.5, 0.6) is 0 Å². The molecular formula is C18H19NO3. The summed E-state index contributed by atoms with van der Waals surface area (Å²) in [4.78, 5) is 11.1. The Morgan fingerprint density at radius 3 is 2.05 bits per heavy atom. The standard InChI is InChI=1S/C18H19NO3/c20-18(21)16-11-15(12-19-16)22-17(13-7-3-1-4-8-13)14-9-5-2-6-10-14/h1-10,15-17,19H,11-12H2,(H,20,21). The van der Waals surface area contributed by atoms with Crippen LogP contribution in [-0.4, -0.2) is 29.8 Å². The molecule has 2 unspecified atom stereocenters. The maximum absolute atomic E-state index is 11.1. The van der Waals surface area contributed by atoms with Gasteiger partial charge in [-0.2, -0.15) is 0 Å². The highest BCUT2D eigenvalue weighted by Crippen LogP contribution is 2.29. The van der Waals surface area contributed by atoms with Crippen molar-refractivity contribution in [3.63, 3.8) is 0 Å². The van der Waals surface area contributed by atoms with E-state index in [0.29, 0.717) is 13.0 Å². The lowest BCUT2D eigenvalue weighted by Gasteiger charge is -2.22. The lowest BCUT2D eigenvalue weighted by Crippen LogP contribution is -2.30. The Kier molecular flexibility index (Phi) is 4.51. The fraction of sp³-hybridized carbons (Fsp3) is 0.278. The molecule has 1 fully saturated rings. The summed E-state index contributed by atoms with van der Waals surface area (Å²) in [7, 11) is 0. The summed E-state index contributed by atoms with van der Waals surface area (Å²) in [5, 5.41) is 12.1. The summed E-state index contributed by atoms with van der Waals surface area (Å²) in [5.41, 5.74) is 2.15. The number of rotatable bonds is 5. The van der Waals surface area contributed by atoms with Crippen LogP contribution in [0.1, 0.15) is 23.7 Å². The summed E-state index contributed by atoms with van der Waals surface area (Å²) < 4.78 is 6.24. The molecule has 22 heavy (non-hydrogen) atoms. The quantitative estimate of drug-likeness (QED) is 0.890. The molecule has 2 atom stereocenters. The first-order chi connectivity index (χ1) is 10.7. The monoisotopic (exact) mass is 297 g/mol. The lowest BCUT2D eigenvalue weighted by molar-refractivity contribution is -0.139. The van der Waals surface area contributed by atoms with Crippen molar-refractivity contribution in [2.75, 3.05) is 6.54 Å². The molecule has 2 N–H and O–H groups in total. The second-order valence-corrected chi connectivity index (χ2v) is 5.49. The number of hydrogen-bond donors (Lipinski definition) is 2. The second kappa shape index (κ2) is 6.73. The molecule has 2 aromatic rings. The van der Waals surface area contributed by atoms with E-state index in [4.69, 9.17) is 9.84 Å². The molecule has 1 aliphatic heterocycles. The average molecular weight is 297 g/mol. The topological polar surface area (TPSA) is 58.6 Å². The number of aliphatic carboxylic acids is 1. The van der Waals surface area contributed by atoms with E-state index in [2.05, 4.69) is 5.32 Å². The third kappa shape index (κ3) is 3.35. The first kappa shape index (κ1) is 14.8. The summed E-state index contributed by atoms with van der Waals surface area (Å²) in [6.45, 7) is 0.563. The minimum atomic E-state index is -0.818. The van der Waals surface area contributed by atoms with Crippen LogP contribution in [0.15, 0.2) is 60.7 Å². The van der Waals surface area contributed by atoms with E-state index in [-0.39, 0.29) is 12.2 Å². The molecule has 2 aromatic carbocycles. The average Bonchev–Trinajstić information content (AvgIpc) is 3.03. The van der Waals surface area contributed by atoms with Crippen molar-refractivity contribution in [3.8, 4) is 0 Å². The van der Waals surface area contributed by atoms with Gasteiger partial charge in [-0.25, -0.2) is 0 Å². The highest BCUT2D eigenvalue weighted by molar-refractivity contribution is 5.73. The summed E-state index contributed by atoms with van der Waals surface area (Å²) in [5.74, 6) is -0.818. The minimum Gasteiger partial charge on any atom is -0.480 e. The zero-order valence-electron chi connectivity index (χ0n) is 12.2. The third-order valence-electron chi connectivity index (χ3n) is 3.92.